The number of urea groups is 1. The Hall–Kier alpha value is -3.46. The van der Waals surface area contributed by atoms with Crippen molar-refractivity contribution in [2.24, 2.45) is 5.92 Å². The van der Waals surface area contributed by atoms with E-state index in [-0.39, 0.29) is 24.3 Å². The standard InChI is InChI=1S/C22H28N6O3/c1-13(2)9-16(29)11-24-21(30)20-17-12-23-19(10-18(17)27-28-20)26-22(31)25-14(3)15-7-5-4-6-8-15/h4-8,10,12-14,16,29H,9,11H2,1-3H3,(H,24,30)(H,27,28)(H2,23,25,26,31). The van der Waals surface area contributed by atoms with Crippen LogP contribution in [-0.2, 0) is 0 Å². The number of aromatic nitrogens is 3. The monoisotopic (exact) mass is 424 g/mol. The molecular weight excluding hydrogens is 396 g/mol. The van der Waals surface area contributed by atoms with Crippen molar-refractivity contribution in [3.05, 3.63) is 53.9 Å². The number of aliphatic hydroxyl groups is 1. The molecule has 9 nitrogen and oxygen atoms in total. The van der Waals surface area contributed by atoms with Crippen molar-refractivity contribution in [1.29, 1.82) is 0 Å². The number of hydrogen-bond donors (Lipinski definition) is 5. The maximum Gasteiger partial charge on any atom is 0.320 e. The van der Waals surface area contributed by atoms with Crippen molar-refractivity contribution < 1.29 is 14.7 Å². The van der Waals surface area contributed by atoms with Gasteiger partial charge in [-0.2, -0.15) is 5.10 Å². The van der Waals surface area contributed by atoms with Gasteiger partial charge >= 0.3 is 6.03 Å². The molecule has 31 heavy (non-hydrogen) atoms. The normalized spacial score (nSPS) is 13.1. The van der Waals surface area contributed by atoms with Crippen LogP contribution in [0.5, 0.6) is 0 Å². The average Bonchev–Trinajstić information content (AvgIpc) is 3.15. The maximum absolute atomic E-state index is 12.4. The molecule has 1 aromatic carbocycles. The van der Waals surface area contributed by atoms with Crippen LogP contribution >= 0.6 is 0 Å². The van der Waals surface area contributed by atoms with Crippen LogP contribution in [0.1, 0.15) is 49.3 Å². The van der Waals surface area contributed by atoms with Gasteiger partial charge in [-0.05, 0) is 24.8 Å². The average molecular weight is 425 g/mol. The van der Waals surface area contributed by atoms with E-state index in [0.29, 0.717) is 29.1 Å². The number of aromatic amines is 1. The van der Waals surface area contributed by atoms with Crippen molar-refractivity contribution >= 4 is 28.7 Å². The Kier molecular flexibility index (Phi) is 7.19. The molecule has 0 saturated heterocycles. The van der Waals surface area contributed by atoms with Crippen molar-refractivity contribution in [1.82, 2.24) is 25.8 Å². The lowest BCUT2D eigenvalue weighted by atomic mass is 10.1. The number of carbonyl (C=O) groups is 2. The Labute approximate surface area is 180 Å². The summed E-state index contributed by atoms with van der Waals surface area (Å²) < 4.78 is 0. The van der Waals surface area contributed by atoms with Crippen LogP contribution in [0.25, 0.3) is 10.9 Å². The molecule has 0 fully saturated rings. The third kappa shape index (κ3) is 6.02. The van der Waals surface area contributed by atoms with Gasteiger partial charge in [-0.3, -0.25) is 15.2 Å². The van der Waals surface area contributed by atoms with Gasteiger partial charge in [-0.1, -0.05) is 44.2 Å². The number of amides is 3. The lowest BCUT2D eigenvalue weighted by Crippen LogP contribution is -2.33. The molecule has 0 radical (unpaired) electrons. The zero-order valence-corrected chi connectivity index (χ0v) is 17.8. The van der Waals surface area contributed by atoms with Crippen LogP contribution in [0, 0.1) is 5.92 Å². The zero-order valence-electron chi connectivity index (χ0n) is 17.8. The summed E-state index contributed by atoms with van der Waals surface area (Å²) in [7, 11) is 0. The third-order valence-corrected chi connectivity index (χ3v) is 4.79. The molecule has 9 heteroatoms. The highest BCUT2D eigenvalue weighted by Crippen LogP contribution is 2.18. The summed E-state index contributed by atoms with van der Waals surface area (Å²) in [5.41, 5.74) is 1.74. The van der Waals surface area contributed by atoms with E-state index in [1.807, 2.05) is 51.1 Å². The van der Waals surface area contributed by atoms with Gasteiger partial charge in [0.15, 0.2) is 5.69 Å². The Morgan fingerprint density at radius 2 is 1.90 bits per heavy atom. The maximum atomic E-state index is 12.4. The highest BCUT2D eigenvalue weighted by atomic mass is 16.3. The molecule has 3 amide bonds. The fourth-order valence-corrected chi connectivity index (χ4v) is 3.25. The second kappa shape index (κ2) is 10.0. The minimum atomic E-state index is -0.611. The molecule has 0 aliphatic carbocycles. The van der Waals surface area contributed by atoms with E-state index in [0.717, 1.165) is 5.56 Å². The first-order chi connectivity index (χ1) is 14.8. The number of pyridine rings is 1. The van der Waals surface area contributed by atoms with Crippen molar-refractivity contribution in [3.63, 3.8) is 0 Å². The summed E-state index contributed by atoms with van der Waals surface area (Å²) in [6.07, 6.45) is 1.47. The molecule has 0 aliphatic rings. The molecule has 0 spiro atoms. The minimum Gasteiger partial charge on any atom is -0.391 e. The first-order valence-electron chi connectivity index (χ1n) is 10.3. The fraction of sp³-hybridized carbons (Fsp3) is 0.364. The molecule has 3 aromatic rings. The van der Waals surface area contributed by atoms with Crippen LogP contribution in [0.2, 0.25) is 0 Å². The molecule has 164 valence electrons. The fourth-order valence-electron chi connectivity index (χ4n) is 3.25. The zero-order chi connectivity index (χ0) is 22.4. The number of aliphatic hydroxyl groups excluding tert-OH is 1. The number of nitrogens with zero attached hydrogens (tertiary/aromatic N) is 2. The van der Waals surface area contributed by atoms with Crippen LogP contribution in [-0.4, -0.2) is 44.9 Å². The van der Waals surface area contributed by atoms with Crippen molar-refractivity contribution in [2.75, 3.05) is 11.9 Å². The smallest absolute Gasteiger partial charge is 0.320 e. The van der Waals surface area contributed by atoms with E-state index in [2.05, 4.69) is 31.1 Å². The number of nitrogens with one attached hydrogen (secondary N) is 4. The van der Waals surface area contributed by atoms with Gasteiger partial charge in [0.05, 0.1) is 23.0 Å². The lowest BCUT2D eigenvalue weighted by Gasteiger charge is -2.14. The third-order valence-electron chi connectivity index (χ3n) is 4.79. The van der Waals surface area contributed by atoms with Crippen molar-refractivity contribution in [2.45, 2.75) is 39.3 Å². The predicted molar refractivity (Wildman–Crippen MR) is 119 cm³/mol. The van der Waals surface area contributed by atoms with E-state index in [1.54, 1.807) is 6.07 Å². The molecule has 2 unspecified atom stereocenters. The van der Waals surface area contributed by atoms with Gasteiger partial charge in [0.25, 0.3) is 5.91 Å². The van der Waals surface area contributed by atoms with E-state index < -0.39 is 12.0 Å². The topological polar surface area (TPSA) is 132 Å². The van der Waals surface area contributed by atoms with E-state index in [4.69, 9.17) is 0 Å². The number of H-pyrrole nitrogens is 1. The van der Waals surface area contributed by atoms with E-state index >= 15 is 0 Å². The van der Waals surface area contributed by atoms with Gasteiger partial charge in [0, 0.05) is 18.8 Å². The van der Waals surface area contributed by atoms with Gasteiger partial charge in [-0.15, -0.1) is 0 Å². The van der Waals surface area contributed by atoms with Gasteiger partial charge in [0.2, 0.25) is 0 Å². The highest BCUT2D eigenvalue weighted by Gasteiger charge is 2.17. The Bertz CT molecular complexity index is 1030. The minimum absolute atomic E-state index is 0.151. The van der Waals surface area contributed by atoms with E-state index in [9.17, 15) is 14.7 Å². The van der Waals surface area contributed by atoms with Crippen LogP contribution in [0.4, 0.5) is 10.6 Å². The highest BCUT2D eigenvalue weighted by molar-refractivity contribution is 6.05. The molecule has 0 aliphatic heterocycles. The number of carbonyl (C=O) groups excluding carboxylic acids is 2. The summed E-state index contributed by atoms with van der Waals surface area (Å²) >= 11 is 0. The molecule has 2 heterocycles. The van der Waals surface area contributed by atoms with Gasteiger partial charge in [0.1, 0.15) is 5.82 Å². The predicted octanol–water partition coefficient (Wildman–Crippen LogP) is 2.98. The van der Waals surface area contributed by atoms with Crippen molar-refractivity contribution in [3.8, 4) is 0 Å². The SMILES string of the molecule is CC(C)CC(O)CNC(=O)c1n[nH]c2cc(NC(=O)NC(C)c3ccccc3)ncc12. The second-order valence-electron chi connectivity index (χ2n) is 7.91. The lowest BCUT2D eigenvalue weighted by molar-refractivity contribution is 0.0897. The number of anilines is 1. The van der Waals surface area contributed by atoms with Gasteiger partial charge < -0.3 is 15.7 Å². The van der Waals surface area contributed by atoms with E-state index in [1.165, 1.54) is 6.20 Å². The van der Waals surface area contributed by atoms with Gasteiger partial charge in [-0.25, -0.2) is 9.78 Å². The Morgan fingerprint density at radius 1 is 1.16 bits per heavy atom. The molecule has 5 N–H and O–H groups in total. The number of rotatable bonds is 8. The Morgan fingerprint density at radius 3 is 2.61 bits per heavy atom. The summed E-state index contributed by atoms with van der Waals surface area (Å²) in [6.45, 7) is 6.06. The molecular formula is C22H28N6O3. The largest absolute Gasteiger partial charge is 0.391 e. The first-order valence-corrected chi connectivity index (χ1v) is 10.3. The molecule has 0 saturated carbocycles. The summed E-state index contributed by atoms with van der Waals surface area (Å²) in [5.74, 6) is 0.264. The second-order valence-corrected chi connectivity index (χ2v) is 7.91. The first kappa shape index (κ1) is 22.2. The number of benzene rings is 1. The Balaban J connectivity index is 1.61. The summed E-state index contributed by atoms with van der Waals surface area (Å²) in [4.78, 5) is 28.9. The molecule has 0 bridgehead atoms. The summed E-state index contributed by atoms with van der Waals surface area (Å²) in [5, 5.41) is 25.5. The summed E-state index contributed by atoms with van der Waals surface area (Å²) in [6, 6.07) is 10.7. The van der Waals surface area contributed by atoms with Crippen LogP contribution < -0.4 is 16.0 Å². The number of fused-ring (bicyclic) bond motifs is 1. The van der Waals surface area contributed by atoms with Crippen LogP contribution in [0.3, 0.4) is 0 Å². The quantitative estimate of drug-likeness (QED) is 0.379. The van der Waals surface area contributed by atoms with Crippen LogP contribution in [0.15, 0.2) is 42.6 Å². The molecule has 2 aromatic heterocycles. The molecule has 3 rings (SSSR count). The number of hydrogen-bond acceptors (Lipinski definition) is 5. The molecule has 2 atom stereocenters.